The van der Waals surface area contributed by atoms with Crippen molar-refractivity contribution in [3.05, 3.63) is 271 Å². The van der Waals surface area contributed by atoms with Gasteiger partial charge in [0.25, 0.3) is 0 Å². The Kier molecular flexibility index (Phi) is 8.13. The zero-order valence-corrected chi connectivity index (χ0v) is 35.0. The molecule has 2 aromatic heterocycles. The number of fused-ring (bicyclic) bond motifs is 9. The van der Waals surface area contributed by atoms with E-state index < -0.39 is 5.41 Å². The van der Waals surface area contributed by atoms with Gasteiger partial charge in [-0.15, -0.1) is 0 Å². The van der Waals surface area contributed by atoms with E-state index in [1.165, 1.54) is 76.9 Å². The van der Waals surface area contributed by atoms with Crippen LogP contribution in [0.4, 0.5) is 17.1 Å². The molecule has 2 heterocycles. The SMILES string of the molecule is c1ccc(-n2c3ccccc3c3c4c(ccc32)ccn4-c2ccc(N(c3ccc4c(c3)C(c3ccccc3)(c3ccccc3)c3ccccc3-4)c3ccc4ccccc4c3)cc2)cc1. The number of nitrogens with zero attached hydrogens (tertiary/aromatic N) is 3. The number of benzene rings is 10. The maximum Gasteiger partial charge on any atom is 0.0714 e. The Morgan fingerprint density at radius 2 is 0.953 bits per heavy atom. The van der Waals surface area contributed by atoms with Crippen LogP contribution in [0.1, 0.15) is 22.3 Å². The minimum absolute atomic E-state index is 0.506. The lowest BCUT2D eigenvalue weighted by Gasteiger charge is -2.35. The van der Waals surface area contributed by atoms with E-state index in [4.69, 9.17) is 0 Å². The molecule has 0 aliphatic heterocycles. The number of para-hydroxylation sites is 2. The average molecular weight is 816 g/mol. The van der Waals surface area contributed by atoms with E-state index in [0.717, 1.165) is 28.4 Å². The second-order valence-electron chi connectivity index (χ2n) is 16.9. The smallest absolute Gasteiger partial charge is 0.0714 e. The molecule has 64 heavy (non-hydrogen) atoms. The zero-order valence-electron chi connectivity index (χ0n) is 35.0. The van der Waals surface area contributed by atoms with Crippen LogP contribution < -0.4 is 4.90 Å². The summed E-state index contributed by atoms with van der Waals surface area (Å²) in [7, 11) is 0. The van der Waals surface area contributed by atoms with Gasteiger partial charge >= 0.3 is 0 Å². The molecule has 10 aromatic carbocycles. The van der Waals surface area contributed by atoms with E-state index in [9.17, 15) is 0 Å². The van der Waals surface area contributed by atoms with Crippen molar-refractivity contribution in [3.63, 3.8) is 0 Å². The highest BCUT2D eigenvalue weighted by molar-refractivity contribution is 6.20. The van der Waals surface area contributed by atoms with Crippen LogP contribution in [0, 0.1) is 0 Å². The molecule has 0 atom stereocenters. The summed E-state index contributed by atoms with van der Waals surface area (Å²) in [6, 6.07) is 89.1. The van der Waals surface area contributed by atoms with Crippen molar-refractivity contribution < 1.29 is 0 Å². The van der Waals surface area contributed by atoms with Gasteiger partial charge in [-0.05, 0) is 123 Å². The highest BCUT2D eigenvalue weighted by Gasteiger charge is 2.46. The first-order chi connectivity index (χ1) is 31.8. The third-order valence-electron chi connectivity index (χ3n) is 13.6. The fourth-order valence-electron chi connectivity index (χ4n) is 10.8. The zero-order chi connectivity index (χ0) is 42.2. The van der Waals surface area contributed by atoms with Crippen molar-refractivity contribution in [2.75, 3.05) is 4.90 Å². The van der Waals surface area contributed by atoms with E-state index >= 15 is 0 Å². The minimum Gasteiger partial charge on any atom is -0.316 e. The predicted octanol–water partition coefficient (Wildman–Crippen LogP) is 15.7. The summed E-state index contributed by atoms with van der Waals surface area (Å²) in [6.45, 7) is 0. The lowest BCUT2D eigenvalue weighted by atomic mass is 9.67. The van der Waals surface area contributed by atoms with Gasteiger partial charge in [-0.1, -0.05) is 164 Å². The fourth-order valence-corrected chi connectivity index (χ4v) is 10.8. The summed E-state index contributed by atoms with van der Waals surface area (Å²) in [4.78, 5) is 2.43. The Morgan fingerprint density at radius 3 is 1.73 bits per heavy atom. The topological polar surface area (TPSA) is 13.1 Å². The number of rotatable bonds is 7. The van der Waals surface area contributed by atoms with Gasteiger partial charge in [0.05, 0.1) is 22.0 Å². The van der Waals surface area contributed by atoms with Crippen molar-refractivity contribution in [2.45, 2.75) is 5.41 Å². The molecule has 0 N–H and O–H groups in total. The maximum atomic E-state index is 2.46. The molecule has 3 nitrogen and oxygen atoms in total. The Bertz CT molecular complexity index is 3670. The first kappa shape index (κ1) is 36.3. The summed E-state index contributed by atoms with van der Waals surface area (Å²) < 4.78 is 4.76. The fraction of sp³-hybridized carbons (Fsp3) is 0.0164. The summed E-state index contributed by atoms with van der Waals surface area (Å²) in [5, 5.41) is 6.13. The van der Waals surface area contributed by atoms with Gasteiger partial charge in [0, 0.05) is 50.8 Å². The van der Waals surface area contributed by atoms with Crippen molar-refractivity contribution in [1.82, 2.24) is 9.13 Å². The quantitative estimate of drug-likeness (QED) is 0.156. The molecule has 0 bridgehead atoms. The van der Waals surface area contributed by atoms with E-state index in [-0.39, 0.29) is 0 Å². The van der Waals surface area contributed by atoms with Crippen LogP contribution in [0.25, 0.3) is 66.0 Å². The van der Waals surface area contributed by atoms with Gasteiger partial charge in [0.2, 0.25) is 0 Å². The van der Waals surface area contributed by atoms with Gasteiger partial charge < -0.3 is 14.0 Å². The largest absolute Gasteiger partial charge is 0.316 e. The highest BCUT2D eigenvalue weighted by Crippen LogP contribution is 2.57. The lowest BCUT2D eigenvalue weighted by molar-refractivity contribution is 0.768. The Morgan fingerprint density at radius 1 is 0.359 bits per heavy atom. The van der Waals surface area contributed by atoms with E-state index in [1.54, 1.807) is 0 Å². The molecule has 13 rings (SSSR count). The van der Waals surface area contributed by atoms with E-state index in [1.807, 2.05) is 0 Å². The van der Waals surface area contributed by atoms with Crippen LogP contribution in [-0.2, 0) is 5.41 Å². The lowest BCUT2D eigenvalue weighted by Crippen LogP contribution is -2.28. The third-order valence-corrected chi connectivity index (χ3v) is 13.6. The third kappa shape index (κ3) is 5.34. The molecule has 0 saturated heterocycles. The molecule has 0 amide bonds. The molecule has 1 aliphatic carbocycles. The second kappa shape index (κ2) is 14.3. The van der Waals surface area contributed by atoms with Crippen LogP contribution in [-0.4, -0.2) is 9.13 Å². The van der Waals surface area contributed by atoms with Crippen LogP contribution in [0.15, 0.2) is 249 Å². The molecular weight excluding hydrogens is 775 g/mol. The Labute approximate surface area is 372 Å². The predicted molar refractivity (Wildman–Crippen MR) is 267 cm³/mol. The van der Waals surface area contributed by atoms with Gasteiger partial charge in [-0.3, -0.25) is 0 Å². The van der Waals surface area contributed by atoms with Crippen LogP contribution in [0.5, 0.6) is 0 Å². The number of hydrogen-bond acceptors (Lipinski definition) is 1. The van der Waals surface area contributed by atoms with Gasteiger partial charge in [-0.2, -0.15) is 0 Å². The van der Waals surface area contributed by atoms with Crippen LogP contribution >= 0.6 is 0 Å². The van der Waals surface area contributed by atoms with Crippen molar-refractivity contribution in [1.29, 1.82) is 0 Å². The first-order valence-electron chi connectivity index (χ1n) is 22.1. The molecule has 3 heteroatoms. The molecule has 1 aliphatic rings. The van der Waals surface area contributed by atoms with Crippen molar-refractivity contribution >= 4 is 60.5 Å². The summed E-state index contributed by atoms with van der Waals surface area (Å²) in [5.74, 6) is 0. The maximum absolute atomic E-state index is 2.46. The molecule has 300 valence electrons. The summed E-state index contributed by atoms with van der Waals surface area (Å²) >= 11 is 0. The first-order valence-corrected chi connectivity index (χ1v) is 22.1. The Balaban J connectivity index is 1.01. The molecular formula is C61H41N3. The Hall–Kier alpha value is -8.40. The standard InChI is InChI=1S/C61H41N3/c1-4-18-45(19-5-1)61(46-20-6-2-7-21-46)55-26-14-12-24-52(55)53-36-35-51(41-56(53)61)63(50-30-28-42-16-10-11-17-44(42)40-50)49-33-31-47(32-34-49)62-39-38-43-29-37-58-59(60(43)62)54-25-13-15-27-57(54)64(58)48-22-8-3-9-23-48/h1-41H. The van der Waals surface area contributed by atoms with E-state index in [0.29, 0.717) is 0 Å². The number of anilines is 3. The molecule has 0 saturated carbocycles. The second-order valence-corrected chi connectivity index (χ2v) is 16.9. The monoisotopic (exact) mass is 815 g/mol. The average Bonchev–Trinajstić information content (AvgIpc) is 4.04. The highest BCUT2D eigenvalue weighted by atomic mass is 15.1. The van der Waals surface area contributed by atoms with Crippen LogP contribution in [0.3, 0.4) is 0 Å². The molecule has 0 unspecified atom stereocenters. The minimum atomic E-state index is -0.506. The van der Waals surface area contributed by atoms with Gasteiger partial charge in [0.15, 0.2) is 0 Å². The van der Waals surface area contributed by atoms with Gasteiger partial charge in [-0.25, -0.2) is 0 Å². The molecule has 12 aromatic rings. The summed E-state index contributed by atoms with van der Waals surface area (Å²) in [5.41, 5.74) is 16.3. The van der Waals surface area contributed by atoms with Crippen molar-refractivity contribution in [3.8, 4) is 22.5 Å². The van der Waals surface area contributed by atoms with Crippen LogP contribution in [0.2, 0.25) is 0 Å². The van der Waals surface area contributed by atoms with Crippen molar-refractivity contribution in [2.24, 2.45) is 0 Å². The number of hydrogen-bond donors (Lipinski definition) is 0. The molecule has 0 fully saturated rings. The normalized spacial score (nSPS) is 12.8. The summed E-state index contributed by atoms with van der Waals surface area (Å²) in [6.07, 6.45) is 2.22. The number of aromatic nitrogens is 2. The van der Waals surface area contributed by atoms with E-state index in [2.05, 4.69) is 263 Å². The molecule has 0 spiro atoms. The molecule has 0 radical (unpaired) electrons. The van der Waals surface area contributed by atoms with Gasteiger partial charge in [0.1, 0.15) is 0 Å².